The first-order valence-electron chi connectivity index (χ1n) is 7.31. The van der Waals surface area contributed by atoms with E-state index >= 15 is 0 Å². The third kappa shape index (κ3) is 4.58. The van der Waals surface area contributed by atoms with Gasteiger partial charge in [0.25, 0.3) is 10.9 Å². The fourth-order valence-electron chi connectivity index (χ4n) is 2.21. The van der Waals surface area contributed by atoms with Gasteiger partial charge in [0.1, 0.15) is 0 Å². The number of nitro benzene ring substituents is 1. The van der Waals surface area contributed by atoms with Crippen molar-refractivity contribution in [3.05, 3.63) is 68.7 Å². The molecule has 0 saturated carbocycles. The van der Waals surface area contributed by atoms with E-state index < -0.39 is 22.4 Å². The van der Waals surface area contributed by atoms with Gasteiger partial charge in [0, 0.05) is 28.5 Å². The van der Waals surface area contributed by atoms with Gasteiger partial charge in [-0.1, -0.05) is 23.4 Å². The highest BCUT2D eigenvalue weighted by molar-refractivity contribution is 7.98. The quantitative estimate of drug-likeness (QED) is 0.306. The number of rotatable bonds is 5. The van der Waals surface area contributed by atoms with Crippen LogP contribution in [0.15, 0.2) is 52.1 Å². The molecule has 27 heavy (non-hydrogen) atoms. The summed E-state index contributed by atoms with van der Waals surface area (Å²) < 4.78 is 44.8. The van der Waals surface area contributed by atoms with E-state index in [0.29, 0.717) is 16.7 Å². The summed E-state index contributed by atoms with van der Waals surface area (Å²) in [4.78, 5) is 10.1. The molecule has 1 aromatic heterocycles. The van der Waals surface area contributed by atoms with Gasteiger partial charge in [-0.05, 0) is 35.9 Å². The molecule has 0 bridgehead atoms. The van der Waals surface area contributed by atoms with Gasteiger partial charge in [-0.15, -0.1) is 10.2 Å². The normalized spacial score (nSPS) is 11.6. The van der Waals surface area contributed by atoms with E-state index in [1.807, 2.05) is 0 Å². The van der Waals surface area contributed by atoms with Crippen molar-refractivity contribution in [2.75, 3.05) is 0 Å². The van der Waals surface area contributed by atoms with Crippen molar-refractivity contribution in [1.29, 1.82) is 0 Å². The van der Waals surface area contributed by atoms with Crippen molar-refractivity contribution >= 4 is 29.1 Å². The summed E-state index contributed by atoms with van der Waals surface area (Å²) in [7, 11) is 0. The average molecular weight is 416 g/mol. The Hall–Kier alpha value is -2.59. The highest BCUT2D eigenvalue weighted by Crippen LogP contribution is 2.36. The summed E-state index contributed by atoms with van der Waals surface area (Å²) in [6.45, 7) is 0. The predicted molar refractivity (Wildman–Crippen MR) is 92.4 cm³/mol. The fraction of sp³-hybridized carbons (Fsp3) is 0.125. The van der Waals surface area contributed by atoms with Crippen molar-refractivity contribution in [2.45, 2.75) is 17.2 Å². The molecule has 3 rings (SSSR count). The van der Waals surface area contributed by atoms with Gasteiger partial charge < -0.3 is 4.42 Å². The fourth-order valence-corrected chi connectivity index (χ4v) is 3.09. The highest BCUT2D eigenvalue weighted by atomic mass is 35.5. The summed E-state index contributed by atoms with van der Waals surface area (Å²) >= 11 is 6.65. The van der Waals surface area contributed by atoms with Crippen molar-refractivity contribution in [3.8, 4) is 11.5 Å². The second kappa shape index (κ2) is 7.57. The predicted octanol–water partition coefficient (Wildman–Crippen LogP) is 5.61. The van der Waals surface area contributed by atoms with E-state index in [9.17, 15) is 23.3 Å². The number of hydrogen-bond donors (Lipinski definition) is 0. The van der Waals surface area contributed by atoms with Crippen LogP contribution in [0.1, 0.15) is 11.1 Å². The molecule has 0 aliphatic heterocycles. The number of benzene rings is 2. The van der Waals surface area contributed by atoms with Crippen molar-refractivity contribution in [3.63, 3.8) is 0 Å². The SMILES string of the molecule is O=[N+]([O-])c1ccc(C(F)(F)F)c(CSc2nnc(-c3ccc(Cl)cc3)o2)c1. The van der Waals surface area contributed by atoms with Crippen LogP contribution in [0.3, 0.4) is 0 Å². The Bertz CT molecular complexity index is 977. The minimum Gasteiger partial charge on any atom is -0.411 e. The first kappa shape index (κ1) is 19.2. The van der Waals surface area contributed by atoms with Crippen LogP contribution >= 0.6 is 23.4 Å². The number of alkyl halides is 3. The third-order valence-corrected chi connectivity index (χ3v) is 4.57. The zero-order valence-corrected chi connectivity index (χ0v) is 14.8. The molecule has 0 radical (unpaired) electrons. The summed E-state index contributed by atoms with van der Waals surface area (Å²) in [5.41, 5.74) is -1.01. The Labute approximate surface area is 159 Å². The minimum absolute atomic E-state index is 0.0413. The molecule has 0 N–H and O–H groups in total. The molecular formula is C16H9ClF3N3O3S. The summed E-state index contributed by atoms with van der Waals surface area (Å²) in [5.74, 6) is -0.0389. The second-order valence-electron chi connectivity index (χ2n) is 5.27. The van der Waals surface area contributed by atoms with Gasteiger partial charge in [0.05, 0.1) is 10.5 Å². The van der Waals surface area contributed by atoms with E-state index in [-0.39, 0.29) is 22.4 Å². The second-order valence-corrected chi connectivity index (χ2v) is 6.63. The zero-order chi connectivity index (χ0) is 19.6. The van der Waals surface area contributed by atoms with E-state index in [4.69, 9.17) is 16.0 Å². The van der Waals surface area contributed by atoms with Crippen LogP contribution in [0.4, 0.5) is 18.9 Å². The number of aromatic nitrogens is 2. The zero-order valence-electron chi connectivity index (χ0n) is 13.2. The van der Waals surface area contributed by atoms with Crippen LogP contribution < -0.4 is 0 Å². The van der Waals surface area contributed by atoms with Crippen LogP contribution in [0, 0.1) is 10.1 Å². The molecule has 3 aromatic rings. The van der Waals surface area contributed by atoms with Gasteiger partial charge in [0.15, 0.2) is 0 Å². The number of hydrogen-bond acceptors (Lipinski definition) is 6. The molecule has 0 unspecified atom stereocenters. The van der Waals surface area contributed by atoms with Crippen LogP contribution in [-0.4, -0.2) is 15.1 Å². The lowest BCUT2D eigenvalue weighted by atomic mass is 10.1. The maximum atomic E-state index is 13.1. The molecule has 0 fully saturated rings. The lowest BCUT2D eigenvalue weighted by Gasteiger charge is -2.11. The molecule has 0 spiro atoms. The number of halogens is 4. The van der Waals surface area contributed by atoms with E-state index in [2.05, 4.69) is 10.2 Å². The Kier molecular flexibility index (Phi) is 5.38. The standard InChI is InChI=1S/C16H9ClF3N3O3S/c17-11-3-1-9(2-4-11)14-21-22-15(26-14)27-8-10-7-12(23(24)25)5-6-13(10)16(18,19)20/h1-7H,8H2. The first-order chi connectivity index (χ1) is 12.7. The van der Waals surface area contributed by atoms with Gasteiger partial charge >= 0.3 is 6.18 Å². The molecule has 140 valence electrons. The third-order valence-electron chi connectivity index (χ3n) is 3.45. The number of non-ortho nitro benzene ring substituents is 1. The van der Waals surface area contributed by atoms with Crippen molar-refractivity contribution < 1.29 is 22.5 Å². The van der Waals surface area contributed by atoms with Crippen LogP contribution in [0.2, 0.25) is 5.02 Å². The van der Waals surface area contributed by atoms with Crippen LogP contribution in [0.5, 0.6) is 0 Å². The molecular weight excluding hydrogens is 407 g/mol. The molecule has 11 heteroatoms. The van der Waals surface area contributed by atoms with E-state index in [0.717, 1.165) is 23.9 Å². The average Bonchev–Trinajstić information content (AvgIpc) is 3.08. The Balaban J connectivity index is 1.81. The molecule has 6 nitrogen and oxygen atoms in total. The summed E-state index contributed by atoms with van der Waals surface area (Å²) in [6.07, 6.45) is -4.63. The molecule has 0 aliphatic rings. The Morgan fingerprint density at radius 2 is 1.85 bits per heavy atom. The summed E-state index contributed by atoms with van der Waals surface area (Å²) in [5, 5.41) is 19.0. The van der Waals surface area contributed by atoms with E-state index in [1.54, 1.807) is 24.3 Å². The van der Waals surface area contributed by atoms with Crippen LogP contribution in [-0.2, 0) is 11.9 Å². The molecule has 0 atom stereocenters. The Morgan fingerprint density at radius 1 is 1.15 bits per heavy atom. The topological polar surface area (TPSA) is 82.1 Å². The Morgan fingerprint density at radius 3 is 2.48 bits per heavy atom. The maximum absolute atomic E-state index is 13.1. The van der Waals surface area contributed by atoms with Gasteiger partial charge in [-0.25, -0.2) is 0 Å². The number of thioether (sulfide) groups is 1. The molecule has 0 amide bonds. The largest absolute Gasteiger partial charge is 0.416 e. The molecule has 1 heterocycles. The first-order valence-corrected chi connectivity index (χ1v) is 8.67. The maximum Gasteiger partial charge on any atom is 0.416 e. The van der Waals surface area contributed by atoms with Crippen molar-refractivity contribution in [1.82, 2.24) is 10.2 Å². The van der Waals surface area contributed by atoms with Gasteiger partial charge in [-0.3, -0.25) is 10.1 Å². The monoisotopic (exact) mass is 415 g/mol. The lowest BCUT2D eigenvalue weighted by molar-refractivity contribution is -0.385. The molecule has 2 aromatic carbocycles. The lowest BCUT2D eigenvalue weighted by Crippen LogP contribution is -2.09. The van der Waals surface area contributed by atoms with Crippen LogP contribution in [0.25, 0.3) is 11.5 Å². The number of nitrogens with zero attached hydrogens (tertiary/aromatic N) is 3. The molecule has 0 aliphatic carbocycles. The van der Waals surface area contributed by atoms with E-state index in [1.165, 1.54) is 0 Å². The molecule has 0 saturated heterocycles. The number of nitro groups is 1. The highest BCUT2D eigenvalue weighted by Gasteiger charge is 2.34. The van der Waals surface area contributed by atoms with Crippen molar-refractivity contribution in [2.24, 2.45) is 0 Å². The summed E-state index contributed by atoms with van der Waals surface area (Å²) in [6, 6.07) is 8.99. The van der Waals surface area contributed by atoms with Gasteiger partial charge in [-0.2, -0.15) is 13.2 Å². The minimum atomic E-state index is -4.63. The smallest absolute Gasteiger partial charge is 0.411 e. The van der Waals surface area contributed by atoms with Gasteiger partial charge in [0.2, 0.25) is 5.89 Å².